The van der Waals surface area contributed by atoms with E-state index in [0.29, 0.717) is 36.4 Å². The van der Waals surface area contributed by atoms with Crippen LogP contribution in [-0.2, 0) is 22.7 Å². The highest BCUT2D eigenvalue weighted by atomic mass is 32.1. The molecule has 0 unspecified atom stereocenters. The number of nitrogen functional groups attached to an aromatic ring is 1. The molecule has 1 aromatic heterocycles. The van der Waals surface area contributed by atoms with E-state index in [9.17, 15) is 14.4 Å². The highest BCUT2D eigenvalue weighted by molar-refractivity contribution is 7.10. The van der Waals surface area contributed by atoms with Gasteiger partial charge in [0.2, 0.25) is 11.8 Å². The first kappa shape index (κ1) is 26.4. The number of nitrogens with zero attached hydrogens (tertiary/aromatic N) is 1. The molecule has 0 bridgehead atoms. The molecule has 2 fully saturated rings. The molecule has 3 aromatic rings. The normalized spacial score (nSPS) is 21.1. The van der Waals surface area contributed by atoms with E-state index in [4.69, 9.17) is 15.9 Å². The van der Waals surface area contributed by atoms with Crippen LogP contribution in [0.25, 0.3) is 0 Å². The number of nitrogens with two attached hydrogens (primary N) is 1. The number of carbonyl (C=O) groups is 3. The first-order chi connectivity index (χ1) is 18.7. The number of piperidine rings is 1. The highest BCUT2D eigenvalue weighted by Crippen LogP contribution is 2.59. The summed E-state index contributed by atoms with van der Waals surface area (Å²) in [6.07, 6.45) is 1.45. The van der Waals surface area contributed by atoms with Crippen molar-refractivity contribution in [2.45, 2.75) is 45.0 Å². The van der Waals surface area contributed by atoms with Crippen LogP contribution in [0.2, 0.25) is 0 Å². The Balaban J connectivity index is 1.13. The van der Waals surface area contributed by atoms with Crippen LogP contribution >= 0.6 is 11.3 Å². The quantitative estimate of drug-likeness (QED) is 0.229. The van der Waals surface area contributed by atoms with Crippen molar-refractivity contribution in [3.8, 4) is 5.75 Å². The van der Waals surface area contributed by atoms with Gasteiger partial charge in [-0.05, 0) is 54.2 Å². The predicted octanol–water partition coefficient (Wildman–Crippen LogP) is 3.04. The minimum absolute atomic E-state index is 0.00440. The fraction of sp³-hybridized carbons (Fsp3) is 0.310. The Hall–Kier alpha value is -4.18. The summed E-state index contributed by atoms with van der Waals surface area (Å²) in [4.78, 5) is 41.5. The summed E-state index contributed by atoms with van der Waals surface area (Å²) in [5.41, 5.74) is 7.54. The second-order valence-electron chi connectivity index (χ2n) is 10.3. The molecule has 0 spiro atoms. The zero-order valence-electron chi connectivity index (χ0n) is 21.6. The lowest BCUT2D eigenvalue weighted by Crippen LogP contribution is -2.50. The molecule has 3 atom stereocenters. The van der Waals surface area contributed by atoms with E-state index >= 15 is 0 Å². The molecule has 10 heteroatoms. The van der Waals surface area contributed by atoms with Crippen LogP contribution in [0, 0.1) is 10.8 Å². The Bertz CT molecular complexity index is 1390. The predicted molar refractivity (Wildman–Crippen MR) is 148 cm³/mol. The maximum atomic E-state index is 13.2. The second-order valence-corrected chi connectivity index (χ2v) is 11.3. The summed E-state index contributed by atoms with van der Waals surface area (Å²) in [6, 6.07) is 17.8. The van der Waals surface area contributed by atoms with E-state index in [0.717, 1.165) is 16.9 Å². The molecule has 1 saturated heterocycles. The summed E-state index contributed by atoms with van der Waals surface area (Å²) in [7, 11) is 0. The maximum absolute atomic E-state index is 13.2. The van der Waals surface area contributed by atoms with Gasteiger partial charge in [0.25, 0.3) is 5.91 Å². The summed E-state index contributed by atoms with van der Waals surface area (Å²) in [5.74, 6) is -0.223. The van der Waals surface area contributed by atoms with E-state index in [2.05, 4.69) is 17.6 Å². The molecule has 1 saturated carbocycles. The third kappa shape index (κ3) is 5.96. The molecule has 2 heterocycles. The number of amides is 3. The smallest absolute Gasteiger partial charge is 0.251 e. The van der Waals surface area contributed by atoms with E-state index in [1.807, 2.05) is 30.3 Å². The number of fused-ring (bicyclic) bond motifs is 1. The number of hydrogen-bond donors (Lipinski definition) is 4. The molecule has 39 heavy (non-hydrogen) atoms. The van der Waals surface area contributed by atoms with Gasteiger partial charge in [-0.15, -0.1) is 11.3 Å². The van der Waals surface area contributed by atoms with Gasteiger partial charge in [0.15, 0.2) is 0 Å². The molecule has 5 rings (SSSR count). The zero-order valence-corrected chi connectivity index (χ0v) is 22.4. The number of likely N-dealkylation sites (tertiary alicyclic amines) is 1. The molecule has 1 aliphatic heterocycles. The van der Waals surface area contributed by atoms with Crippen molar-refractivity contribution in [2.75, 3.05) is 6.54 Å². The van der Waals surface area contributed by atoms with Crippen LogP contribution in [-0.4, -0.2) is 47.1 Å². The van der Waals surface area contributed by atoms with Gasteiger partial charge in [-0.3, -0.25) is 19.8 Å². The van der Waals surface area contributed by atoms with Crippen LogP contribution in [0.3, 0.4) is 0 Å². The zero-order chi connectivity index (χ0) is 27.6. The molecular formula is C29H31N5O4S. The Labute approximate surface area is 230 Å². The van der Waals surface area contributed by atoms with Crippen molar-refractivity contribution >= 4 is 34.9 Å². The number of hydrogen-bond acceptors (Lipinski definition) is 6. The lowest BCUT2D eigenvalue weighted by Gasteiger charge is -2.27. The summed E-state index contributed by atoms with van der Waals surface area (Å²) < 4.78 is 5.77. The largest absolute Gasteiger partial charge is 0.489 e. The first-order valence-corrected chi connectivity index (χ1v) is 13.7. The number of benzene rings is 2. The highest BCUT2D eigenvalue weighted by Gasteiger charge is 2.64. The minimum atomic E-state index is -0.577. The van der Waals surface area contributed by atoms with Gasteiger partial charge in [-0.25, -0.2) is 0 Å². The summed E-state index contributed by atoms with van der Waals surface area (Å²) in [6.45, 7) is 2.63. The van der Waals surface area contributed by atoms with Gasteiger partial charge in [-0.1, -0.05) is 37.3 Å². The Morgan fingerprint density at radius 3 is 2.51 bits per heavy atom. The van der Waals surface area contributed by atoms with Crippen molar-refractivity contribution in [3.63, 3.8) is 0 Å². The minimum Gasteiger partial charge on any atom is -0.489 e. The van der Waals surface area contributed by atoms with E-state index in [1.165, 1.54) is 11.3 Å². The van der Waals surface area contributed by atoms with E-state index in [1.54, 1.807) is 40.6 Å². The van der Waals surface area contributed by atoms with Gasteiger partial charge >= 0.3 is 0 Å². The Morgan fingerprint density at radius 2 is 1.82 bits per heavy atom. The molecule has 9 nitrogen and oxygen atoms in total. The Kier molecular flexibility index (Phi) is 7.38. The fourth-order valence-electron chi connectivity index (χ4n) is 5.06. The molecule has 1 aliphatic carbocycles. The average molecular weight is 546 g/mol. The van der Waals surface area contributed by atoms with Crippen LogP contribution in [0.1, 0.15) is 46.1 Å². The standard InChI is InChI=1S/C29H31N5O4S/c1-29-12-23(28(37)32-14-22-11-20(17-39-22)26(30)31)34(24(29)13-29)25(35)15-33-27(36)19-7-9-21(10-8-19)38-16-18-5-3-2-4-6-18/h2-11,17,23-24H,12-16H2,1H3,(H3,30,31)(H,32,37)(H,33,36)/t23-,24-,29+/m0/s1. The topological polar surface area (TPSA) is 138 Å². The van der Waals surface area contributed by atoms with E-state index in [-0.39, 0.29) is 41.6 Å². The van der Waals surface area contributed by atoms with Crippen molar-refractivity contribution in [1.29, 1.82) is 5.41 Å². The molecule has 2 aromatic carbocycles. The summed E-state index contributed by atoms with van der Waals surface area (Å²) >= 11 is 1.42. The van der Waals surface area contributed by atoms with Gasteiger partial charge in [0, 0.05) is 27.4 Å². The number of carbonyl (C=O) groups excluding carboxylic acids is 3. The van der Waals surface area contributed by atoms with Gasteiger partial charge in [-0.2, -0.15) is 0 Å². The number of rotatable bonds is 10. The van der Waals surface area contributed by atoms with Crippen molar-refractivity contribution < 1.29 is 19.1 Å². The summed E-state index contributed by atoms with van der Waals surface area (Å²) in [5, 5.41) is 14.9. The molecule has 0 radical (unpaired) electrons. The van der Waals surface area contributed by atoms with Gasteiger partial charge in [0.05, 0.1) is 13.1 Å². The van der Waals surface area contributed by atoms with Crippen LogP contribution in [0.15, 0.2) is 66.0 Å². The fourth-order valence-corrected chi connectivity index (χ4v) is 5.88. The van der Waals surface area contributed by atoms with Crippen molar-refractivity contribution in [2.24, 2.45) is 11.1 Å². The average Bonchev–Trinajstić information content (AvgIpc) is 3.26. The first-order valence-electron chi connectivity index (χ1n) is 12.8. The molecule has 3 amide bonds. The van der Waals surface area contributed by atoms with Crippen molar-refractivity contribution in [1.82, 2.24) is 15.5 Å². The van der Waals surface area contributed by atoms with Gasteiger partial charge in [0.1, 0.15) is 24.2 Å². The van der Waals surface area contributed by atoms with Crippen molar-refractivity contribution in [3.05, 3.63) is 87.6 Å². The number of thiophene rings is 1. The molecule has 202 valence electrons. The Morgan fingerprint density at radius 1 is 1.08 bits per heavy atom. The van der Waals surface area contributed by atoms with Crippen LogP contribution < -0.4 is 21.1 Å². The van der Waals surface area contributed by atoms with Gasteiger partial charge < -0.3 is 26.0 Å². The van der Waals surface area contributed by atoms with E-state index < -0.39 is 6.04 Å². The molecule has 2 aliphatic rings. The monoisotopic (exact) mass is 545 g/mol. The second kappa shape index (κ2) is 10.9. The lowest BCUT2D eigenvalue weighted by molar-refractivity contribution is -0.139. The number of ether oxygens (including phenoxy) is 1. The molecular weight excluding hydrogens is 514 g/mol. The lowest BCUT2D eigenvalue weighted by atomic mass is 10.0. The maximum Gasteiger partial charge on any atom is 0.251 e. The third-order valence-corrected chi connectivity index (χ3v) is 8.33. The number of nitrogens with one attached hydrogen (secondary N) is 3. The van der Waals surface area contributed by atoms with Crippen LogP contribution in [0.4, 0.5) is 0 Å². The SMILES string of the molecule is C[C@@]12C[C@@H]1N(C(=O)CNC(=O)c1ccc(OCc3ccccc3)cc1)[C@H](C(=O)NCc1cc(C(=N)N)cs1)C2. The van der Waals surface area contributed by atoms with Crippen LogP contribution in [0.5, 0.6) is 5.75 Å². The number of amidine groups is 1. The third-order valence-electron chi connectivity index (χ3n) is 7.39. The molecule has 5 N–H and O–H groups in total.